The van der Waals surface area contributed by atoms with Crippen LogP contribution in [0.15, 0.2) is 54.6 Å². The van der Waals surface area contributed by atoms with Gasteiger partial charge in [-0.3, -0.25) is 4.79 Å². The number of nitrogens with zero attached hydrogens (tertiary/aromatic N) is 1. The Morgan fingerprint density at radius 2 is 1.60 bits per heavy atom. The van der Waals surface area contributed by atoms with Crippen molar-refractivity contribution in [1.29, 1.82) is 0 Å². The van der Waals surface area contributed by atoms with Gasteiger partial charge in [-0.25, -0.2) is 0 Å². The van der Waals surface area contributed by atoms with Crippen molar-refractivity contribution in [2.75, 3.05) is 19.0 Å². The maximum Gasteiger partial charge on any atom is 0.185 e. The molecule has 2 aromatic rings. The Morgan fingerprint density at radius 3 is 2.15 bits per heavy atom. The second-order valence-electron chi connectivity index (χ2n) is 4.73. The average Bonchev–Trinajstić information content (AvgIpc) is 2.46. The van der Waals surface area contributed by atoms with E-state index in [4.69, 9.17) is 0 Å². The number of phenols is 1. The predicted octanol–water partition coefficient (Wildman–Crippen LogP) is 3.35. The number of ketones is 1. The Kier molecular flexibility index (Phi) is 4.20. The van der Waals surface area contributed by atoms with Crippen LogP contribution in [0.2, 0.25) is 0 Å². The number of allylic oxidation sites excluding steroid dienone is 1. The number of aromatic hydroxyl groups is 1. The Hall–Kier alpha value is -2.55. The molecule has 0 amide bonds. The summed E-state index contributed by atoms with van der Waals surface area (Å²) in [5.41, 5.74) is 2.59. The van der Waals surface area contributed by atoms with Crippen molar-refractivity contribution in [2.24, 2.45) is 0 Å². The molecule has 20 heavy (non-hydrogen) atoms. The molecule has 0 atom stereocenters. The van der Waals surface area contributed by atoms with Crippen molar-refractivity contribution in [3.05, 3.63) is 65.7 Å². The van der Waals surface area contributed by atoms with Crippen molar-refractivity contribution in [1.82, 2.24) is 0 Å². The summed E-state index contributed by atoms with van der Waals surface area (Å²) in [6, 6.07) is 14.2. The molecule has 0 bridgehead atoms. The molecule has 2 rings (SSSR count). The van der Waals surface area contributed by atoms with Crippen LogP contribution in [0, 0.1) is 0 Å². The normalized spacial score (nSPS) is 10.7. The summed E-state index contributed by atoms with van der Waals surface area (Å²) < 4.78 is 0. The largest absolute Gasteiger partial charge is 0.508 e. The molecule has 0 aliphatic heterocycles. The molecule has 0 aliphatic rings. The molecule has 102 valence electrons. The number of benzene rings is 2. The topological polar surface area (TPSA) is 40.5 Å². The number of phenolic OH excluding ortho intramolecular Hbond substituents is 1. The maximum atomic E-state index is 12.0. The van der Waals surface area contributed by atoms with Crippen LogP contribution in [0.25, 0.3) is 6.08 Å². The zero-order valence-electron chi connectivity index (χ0n) is 11.6. The Bertz CT molecular complexity index is 610. The molecule has 0 fully saturated rings. The predicted molar refractivity (Wildman–Crippen MR) is 82.2 cm³/mol. The molecule has 3 nitrogen and oxygen atoms in total. The van der Waals surface area contributed by atoms with Crippen LogP contribution in [-0.2, 0) is 0 Å². The van der Waals surface area contributed by atoms with E-state index in [-0.39, 0.29) is 11.5 Å². The lowest BCUT2D eigenvalue weighted by Gasteiger charge is -2.11. The lowest BCUT2D eigenvalue weighted by atomic mass is 10.1. The minimum Gasteiger partial charge on any atom is -0.508 e. The minimum atomic E-state index is -0.0385. The van der Waals surface area contributed by atoms with Crippen molar-refractivity contribution in [2.45, 2.75) is 0 Å². The highest BCUT2D eigenvalue weighted by molar-refractivity contribution is 6.06. The standard InChI is InChI=1S/C17H17NO2/c1-18(2)15-8-6-14(7-9-15)17(20)12-5-13-3-10-16(19)11-4-13/h3-12,19H,1-2H3/b12-5+. The van der Waals surface area contributed by atoms with Crippen LogP contribution in [0.5, 0.6) is 5.75 Å². The first-order valence-electron chi connectivity index (χ1n) is 6.35. The lowest BCUT2D eigenvalue weighted by Crippen LogP contribution is -2.08. The van der Waals surface area contributed by atoms with Crippen molar-refractivity contribution < 1.29 is 9.90 Å². The third-order valence-corrected chi connectivity index (χ3v) is 2.99. The number of rotatable bonds is 4. The highest BCUT2D eigenvalue weighted by atomic mass is 16.3. The molecule has 0 unspecified atom stereocenters. The fourth-order valence-electron chi connectivity index (χ4n) is 1.78. The molecule has 0 saturated heterocycles. The molecule has 0 aliphatic carbocycles. The van der Waals surface area contributed by atoms with Gasteiger partial charge in [0.15, 0.2) is 5.78 Å². The summed E-state index contributed by atoms with van der Waals surface area (Å²) in [5.74, 6) is 0.177. The summed E-state index contributed by atoms with van der Waals surface area (Å²) >= 11 is 0. The smallest absolute Gasteiger partial charge is 0.185 e. The average molecular weight is 267 g/mol. The van der Waals surface area contributed by atoms with Gasteiger partial charge >= 0.3 is 0 Å². The van der Waals surface area contributed by atoms with Gasteiger partial charge in [0.05, 0.1) is 0 Å². The van der Waals surface area contributed by atoms with E-state index in [0.717, 1.165) is 11.3 Å². The number of hydrogen-bond donors (Lipinski definition) is 1. The molecular weight excluding hydrogens is 250 g/mol. The Labute approximate surface area is 118 Å². The van der Waals surface area contributed by atoms with E-state index in [1.165, 1.54) is 6.08 Å². The Balaban J connectivity index is 2.09. The zero-order chi connectivity index (χ0) is 14.5. The molecule has 3 heteroatoms. The minimum absolute atomic E-state index is 0.0385. The second kappa shape index (κ2) is 6.06. The van der Waals surface area contributed by atoms with Crippen LogP contribution in [0.1, 0.15) is 15.9 Å². The van der Waals surface area contributed by atoms with Gasteiger partial charge in [-0.2, -0.15) is 0 Å². The second-order valence-corrected chi connectivity index (χ2v) is 4.73. The SMILES string of the molecule is CN(C)c1ccc(C(=O)/C=C/c2ccc(O)cc2)cc1. The number of carbonyl (C=O) groups excluding carboxylic acids is 1. The van der Waals surface area contributed by atoms with E-state index in [2.05, 4.69) is 0 Å². The van der Waals surface area contributed by atoms with Gasteiger partial charge in [0.1, 0.15) is 5.75 Å². The third kappa shape index (κ3) is 3.48. The fourth-order valence-corrected chi connectivity index (χ4v) is 1.78. The number of hydrogen-bond acceptors (Lipinski definition) is 3. The number of anilines is 1. The summed E-state index contributed by atoms with van der Waals surface area (Å²) in [5, 5.41) is 9.19. The van der Waals surface area contributed by atoms with E-state index >= 15 is 0 Å². The lowest BCUT2D eigenvalue weighted by molar-refractivity contribution is 0.104. The molecule has 0 aromatic heterocycles. The van der Waals surface area contributed by atoms with Gasteiger partial charge in [-0.1, -0.05) is 18.2 Å². The first-order valence-corrected chi connectivity index (χ1v) is 6.35. The number of carbonyl (C=O) groups is 1. The third-order valence-electron chi connectivity index (χ3n) is 2.99. The van der Waals surface area contributed by atoms with Crippen LogP contribution in [-0.4, -0.2) is 25.0 Å². The van der Waals surface area contributed by atoms with Crippen LogP contribution < -0.4 is 4.90 Å². The van der Waals surface area contributed by atoms with E-state index in [9.17, 15) is 9.90 Å². The summed E-state index contributed by atoms with van der Waals surface area (Å²) in [6.45, 7) is 0. The molecule has 0 heterocycles. The maximum absolute atomic E-state index is 12.0. The summed E-state index contributed by atoms with van der Waals surface area (Å²) in [6.07, 6.45) is 3.28. The molecule has 0 saturated carbocycles. The van der Waals surface area contributed by atoms with Gasteiger partial charge in [0.25, 0.3) is 0 Å². The van der Waals surface area contributed by atoms with E-state index in [0.29, 0.717) is 5.56 Å². The van der Waals surface area contributed by atoms with Crippen molar-refractivity contribution >= 4 is 17.5 Å². The van der Waals surface area contributed by atoms with Gasteiger partial charge < -0.3 is 10.0 Å². The fraction of sp³-hybridized carbons (Fsp3) is 0.118. The van der Waals surface area contributed by atoms with Gasteiger partial charge in [-0.05, 0) is 48.0 Å². The van der Waals surface area contributed by atoms with E-state index in [1.54, 1.807) is 30.3 Å². The van der Waals surface area contributed by atoms with Gasteiger partial charge in [0, 0.05) is 25.3 Å². The van der Waals surface area contributed by atoms with Crippen molar-refractivity contribution in [3.63, 3.8) is 0 Å². The van der Waals surface area contributed by atoms with Crippen LogP contribution in [0.4, 0.5) is 5.69 Å². The van der Waals surface area contributed by atoms with Gasteiger partial charge in [0.2, 0.25) is 0 Å². The first-order chi connectivity index (χ1) is 9.56. The Morgan fingerprint density at radius 1 is 1.00 bits per heavy atom. The van der Waals surface area contributed by atoms with Crippen LogP contribution in [0.3, 0.4) is 0 Å². The van der Waals surface area contributed by atoms with E-state index in [1.807, 2.05) is 43.3 Å². The highest BCUT2D eigenvalue weighted by Gasteiger charge is 2.02. The van der Waals surface area contributed by atoms with Gasteiger partial charge in [-0.15, -0.1) is 0 Å². The van der Waals surface area contributed by atoms with E-state index < -0.39 is 0 Å². The summed E-state index contributed by atoms with van der Waals surface area (Å²) in [7, 11) is 3.92. The highest BCUT2D eigenvalue weighted by Crippen LogP contribution is 2.14. The molecule has 2 aromatic carbocycles. The molecular formula is C17H17NO2. The van der Waals surface area contributed by atoms with Crippen molar-refractivity contribution in [3.8, 4) is 5.75 Å². The zero-order valence-corrected chi connectivity index (χ0v) is 11.6. The first kappa shape index (κ1) is 13.9. The molecule has 0 spiro atoms. The molecule has 0 radical (unpaired) electrons. The quantitative estimate of drug-likeness (QED) is 0.682. The monoisotopic (exact) mass is 267 g/mol. The summed E-state index contributed by atoms with van der Waals surface area (Å²) in [4.78, 5) is 14.0. The molecule has 1 N–H and O–H groups in total. The van der Waals surface area contributed by atoms with Crippen LogP contribution >= 0.6 is 0 Å².